The third kappa shape index (κ3) is 8.13. The highest BCUT2D eigenvalue weighted by Crippen LogP contribution is 2.17. The van der Waals surface area contributed by atoms with Crippen LogP contribution in [0.3, 0.4) is 0 Å². The quantitative estimate of drug-likeness (QED) is 0.473. The average Bonchev–Trinajstić information content (AvgIpc) is 2.34. The van der Waals surface area contributed by atoms with Gasteiger partial charge < -0.3 is 9.47 Å². The summed E-state index contributed by atoms with van der Waals surface area (Å²) in [5.41, 5.74) is 0.814. The van der Waals surface area contributed by atoms with E-state index in [0.29, 0.717) is 13.0 Å². The summed E-state index contributed by atoms with van der Waals surface area (Å²) in [7, 11) is 1.29. The van der Waals surface area contributed by atoms with Gasteiger partial charge in [0, 0.05) is 12.8 Å². The molecule has 1 atom stereocenters. The fraction of sp³-hybridized carbons (Fsp3) is 0.643. The third-order valence-corrected chi connectivity index (χ3v) is 2.52. The summed E-state index contributed by atoms with van der Waals surface area (Å²) in [6.45, 7) is 7.52. The van der Waals surface area contributed by atoms with Crippen molar-refractivity contribution in [2.24, 2.45) is 5.92 Å². The Balaban J connectivity index is 4.27. The Morgan fingerprint density at radius 3 is 2.26 bits per heavy atom. The lowest BCUT2D eigenvalue weighted by molar-refractivity contribution is -0.147. The summed E-state index contributed by atoms with van der Waals surface area (Å²) in [5, 5.41) is 0. The molecule has 5 nitrogen and oxygen atoms in total. The SMILES string of the molecule is C=C(C)CC(CC(=O)CCC(=O)OCC)C(=O)OC. The number of ether oxygens (including phenoxy) is 2. The topological polar surface area (TPSA) is 69.7 Å². The van der Waals surface area contributed by atoms with E-state index in [0.717, 1.165) is 5.57 Å². The van der Waals surface area contributed by atoms with Crippen molar-refractivity contribution in [3.05, 3.63) is 12.2 Å². The van der Waals surface area contributed by atoms with Gasteiger partial charge in [0.1, 0.15) is 5.78 Å². The highest BCUT2D eigenvalue weighted by molar-refractivity contribution is 5.86. The lowest BCUT2D eigenvalue weighted by Gasteiger charge is -2.13. The average molecular weight is 270 g/mol. The Labute approximate surface area is 114 Å². The van der Waals surface area contributed by atoms with Gasteiger partial charge in [-0.25, -0.2) is 0 Å². The van der Waals surface area contributed by atoms with Crippen molar-refractivity contribution in [1.82, 2.24) is 0 Å². The lowest BCUT2D eigenvalue weighted by Crippen LogP contribution is -2.20. The van der Waals surface area contributed by atoms with Crippen LogP contribution < -0.4 is 0 Å². The zero-order valence-electron chi connectivity index (χ0n) is 11.9. The molecule has 0 aliphatic heterocycles. The fourth-order valence-electron chi connectivity index (χ4n) is 1.68. The van der Waals surface area contributed by atoms with Gasteiger partial charge in [0.25, 0.3) is 0 Å². The van der Waals surface area contributed by atoms with Crippen molar-refractivity contribution in [2.45, 2.75) is 39.5 Å². The highest BCUT2D eigenvalue weighted by atomic mass is 16.5. The Morgan fingerprint density at radius 1 is 1.16 bits per heavy atom. The largest absolute Gasteiger partial charge is 0.469 e. The molecule has 0 saturated carbocycles. The Hall–Kier alpha value is -1.65. The van der Waals surface area contributed by atoms with E-state index < -0.39 is 17.9 Å². The highest BCUT2D eigenvalue weighted by Gasteiger charge is 2.22. The van der Waals surface area contributed by atoms with Crippen molar-refractivity contribution >= 4 is 17.7 Å². The number of esters is 2. The van der Waals surface area contributed by atoms with Crippen molar-refractivity contribution in [3.63, 3.8) is 0 Å². The van der Waals surface area contributed by atoms with Gasteiger partial charge in [-0.15, -0.1) is 6.58 Å². The first kappa shape index (κ1) is 17.4. The summed E-state index contributed by atoms with van der Waals surface area (Å²) in [4.78, 5) is 34.4. The van der Waals surface area contributed by atoms with Crippen LogP contribution in [0.25, 0.3) is 0 Å². The number of rotatable bonds is 9. The molecule has 0 spiro atoms. The summed E-state index contributed by atoms with van der Waals surface area (Å²) in [6.07, 6.45) is 0.618. The van der Waals surface area contributed by atoms with Crippen LogP contribution in [0.2, 0.25) is 0 Å². The van der Waals surface area contributed by atoms with E-state index in [1.54, 1.807) is 13.8 Å². The minimum absolute atomic E-state index is 0.0492. The third-order valence-electron chi connectivity index (χ3n) is 2.52. The zero-order chi connectivity index (χ0) is 14.8. The van der Waals surface area contributed by atoms with Crippen molar-refractivity contribution in [1.29, 1.82) is 0 Å². The molecule has 0 aliphatic carbocycles. The monoisotopic (exact) mass is 270 g/mol. The van der Waals surface area contributed by atoms with Crippen LogP contribution in [-0.4, -0.2) is 31.4 Å². The van der Waals surface area contributed by atoms with Crippen LogP contribution >= 0.6 is 0 Å². The number of Topliss-reactive ketones (excluding diaryl/α,β-unsaturated/α-hetero) is 1. The maximum Gasteiger partial charge on any atom is 0.309 e. The summed E-state index contributed by atoms with van der Waals surface area (Å²) >= 11 is 0. The Bertz CT molecular complexity index is 346. The smallest absolute Gasteiger partial charge is 0.309 e. The molecule has 0 heterocycles. The number of hydrogen-bond acceptors (Lipinski definition) is 5. The molecule has 0 saturated heterocycles. The number of carbonyl (C=O) groups is 3. The molecule has 1 unspecified atom stereocenters. The van der Waals surface area contributed by atoms with Gasteiger partial charge in [0.15, 0.2) is 0 Å². The van der Waals surface area contributed by atoms with E-state index in [9.17, 15) is 14.4 Å². The van der Waals surface area contributed by atoms with Crippen molar-refractivity contribution in [3.8, 4) is 0 Å². The summed E-state index contributed by atoms with van der Waals surface area (Å²) < 4.78 is 9.39. The molecule has 0 bridgehead atoms. The number of hydrogen-bond donors (Lipinski definition) is 0. The molecule has 0 amide bonds. The predicted molar refractivity (Wildman–Crippen MR) is 70.4 cm³/mol. The zero-order valence-corrected chi connectivity index (χ0v) is 11.9. The minimum Gasteiger partial charge on any atom is -0.469 e. The van der Waals surface area contributed by atoms with Gasteiger partial charge in [0.2, 0.25) is 0 Å². The molecule has 0 N–H and O–H groups in total. The van der Waals surface area contributed by atoms with Crippen LogP contribution in [0.5, 0.6) is 0 Å². The normalized spacial score (nSPS) is 11.5. The number of ketones is 1. The Morgan fingerprint density at radius 2 is 1.79 bits per heavy atom. The first-order valence-corrected chi connectivity index (χ1v) is 6.30. The molecule has 108 valence electrons. The number of allylic oxidation sites excluding steroid dienone is 1. The maximum atomic E-state index is 11.7. The molecule has 5 heteroatoms. The van der Waals surface area contributed by atoms with Crippen LogP contribution in [0.15, 0.2) is 12.2 Å². The first-order valence-electron chi connectivity index (χ1n) is 6.30. The molecule has 0 aromatic carbocycles. The first-order chi connectivity index (χ1) is 8.90. The number of carbonyl (C=O) groups excluding carboxylic acids is 3. The standard InChI is InChI=1S/C14H22O5/c1-5-19-13(16)7-6-12(15)9-11(8-10(2)3)14(17)18-4/h11H,2,5-9H2,1,3-4H3. The van der Waals surface area contributed by atoms with Gasteiger partial charge in [-0.1, -0.05) is 5.57 Å². The maximum absolute atomic E-state index is 11.7. The van der Waals surface area contributed by atoms with Gasteiger partial charge in [-0.2, -0.15) is 0 Å². The van der Waals surface area contributed by atoms with Crippen LogP contribution in [0.4, 0.5) is 0 Å². The molecule has 0 aromatic rings. The van der Waals surface area contributed by atoms with Crippen molar-refractivity contribution < 1.29 is 23.9 Å². The fourth-order valence-corrected chi connectivity index (χ4v) is 1.68. The molecule has 0 rings (SSSR count). The second-order valence-electron chi connectivity index (χ2n) is 4.43. The van der Waals surface area contributed by atoms with Gasteiger partial charge in [-0.3, -0.25) is 14.4 Å². The Kier molecular flexibility index (Phi) is 8.49. The molecule has 0 radical (unpaired) electrons. The molecule has 0 aliphatic rings. The lowest BCUT2D eigenvalue weighted by atomic mass is 9.94. The van der Waals surface area contributed by atoms with Gasteiger partial charge in [-0.05, 0) is 20.3 Å². The second kappa shape index (κ2) is 9.30. The van der Waals surface area contributed by atoms with E-state index in [2.05, 4.69) is 11.3 Å². The van der Waals surface area contributed by atoms with E-state index >= 15 is 0 Å². The summed E-state index contributed by atoms with van der Waals surface area (Å²) in [5.74, 6) is -1.49. The molecule has 0 aromatic heterocycles. The van der Waals surface area contributed by atoms with Gasteiger partial charge in [0.05, 0.1) is 26.1 Å². The van der Waals surface area contributed by atoms with Gasteiger partial charge >= 0.3 is 11.9 Å². The molecule has 19 heavy (non-hydrogen) atoms. The van der Waals surface area contributed by atoms with E-state index in [-0.39, 0.29) is 25.0 Å². The summed E-state index contributed by atoms with van der Waals surface area (Å²) in [6, 6.07) is 0. The van der Waals surface area contributed by atoms with E-state index in [4.69, 9.17) is 4.74 Å². The van der Waals surface area contributed by atoms with Crippen LogP contribution in [0, 0.1) is 5.92 Å². The second-order valence-corrected chi connectivity index (χ2v) is 4.43. The van der Waals surface area contributed by atoms with E-state index in [1.165, 1.54) is 7.11 Å². The molecule has 0 fully saturated rings. The predicted octanol–water partition coefficient (Wildman–Crippen LogP) is 2.04. The van der Waals surface area contributed by atoms with E-state index in [1.807, 2.05) is 0 Å². The van der Waals surface area contributed by atoms with Crippen LogP contribution in [-0.2, 0) is 23.9 Å². The minimum atomic E-state index is -0.516. The van der Waals surface area contributed by atoms with Crippen molar-refractivity contribution in [2.75, 3.05) is 13.7 Å². The molecular weight excluding hydrogens is 248 g/mol. The number of methoxy groups -OCH3 is 1. The molecular formula is C14H22O5. The van der Waals surface area contributed by atoms with Crippen LogP contribution in [0.1, 0.15) is 39.5 Å².